The summed E-state index contributed by atoms with van der Waals surface area (Å²) in [5, 5.41) is 2.78. The van der Waals surface area contributed by atoms with Crippen LogP contribution < -0.4 is 9.62 Å². The molecule has 0 saturated heterocycles. The summed E-state index contributed by atoms with van der Waals surface area (Å²) < 4.78 is 34.0. The number of aromatic nitrogens is 1. The Morgan fingerprint density at radius 3 is 2.85 bits per heavy atom. The summed E-state index contributed by atoms with van der Waals surface area (Å²) in [7, 11) is -0.432. The highest BCUT2D eigenvalue weighted by molar-refractivity contribution is 7.92. The fraction of sp³-hybridized carbons (Fsp3) is 0.389. The van der Waals surface area contributed by atoms with Crippen molar-refractivity contribution in [1.82, 2.24) is 9.88 Å². The van der Waals surface area contributed by atoms with Gasteiger partial charge in [-0.3, -0.25) is 9.10 Å². The Labute approximate surface area is 153 Å². The first kappa shape index (κ1) is 18.5. The largest absolute Gasteiger partial charge is 0.385 e. The topological polar surface area (TPSA) is 80.6 Å². The maximum atomic E-state index is 13.0. The minimum absolute atomic E-state index is 0.124. The van der Waals surface area contributed by atoms with Crippen molar-refractivity contribution >= 4 is 21.6 Å². The van der Waals surface area contributed by atoms with Crippen LogP contribution in [0.4, 0.5) is 5.69 Å². The van der Waals surface area contributed by atoms with Crippen LogP contribution in [0.2, 0.25) is 0 Å². The number of rotatable bonds is 7. The summed E-state index contributed by atoms with van der Waals surface area (Å²) in [6.07, 6.45) is 2.87. The lowest BCUT2D eigenvalue weighted by Crippen LogP contribution is -2.29. The fourth-order valence-electron chi connectivity index (χ4n) is 3.09. The van der Waals surface area contributed by atoms with Crippen molar-refractivity contribution in [3.05, 3.63) is 47.8 Å². The molecule has 2 aromatic rings. The standard InChI is InChI=1S/C18H23N3O4S/c1-20-13-15(12-17(20)18(22)19-9-5-11-25-2)26(23,24)21-10-8-14-6-3-4-7-16(14)21/h3-4,6-7,12-13H,5,8-11H2,1-2H3,(H,19,22). The number of hydrogen-bond donors (Lipinski definition) is 1. The van der Waals surface area contributed by atoms with Crippen molar-refractivity contribution < 1.29 is 17.9 Å². The number of anilines is 1. The Kier molecular flexibility index (Phi) is 5.33. The molecule has 2 heterocycles. The number of amides is 1. The van der Waals surface area contributed by atoms with Crippen LogP contribution in [0.25, 0.3) is 0 Å². The number of carbonyl (C=O) groups excluding carboxylic acids is 1. The number of benzene rings is 1. The van der Waals surface area contributed by atoms with Gasteiger partial charge in [-0.05, 0) is 30.5 Å². The van der Waals surface area contributed by atoms with Crippen molar-refractivity contribution in [1.29, 1.82) is 0 Å². The Bertz CT molecular complexity index is 905. The monoisotopic (exact) mass is 377 g/mol. The van der Waals surface area contributed by atoms with E-state index in [0.717, 1.165) is 5.56 Å². The normalized spacial score (nSPS) is 13.7. The van der Waals surface area contributed by atoms with Gasteiger partial charge in [-0.2, -0.15) is 0 Å². The van der Waals surface area contributed by atoms with E-state index in [1.807, 2.05) is 24.3 Å². The lowest BCUT2D eigenvalue weighted by Gasteiger charge is -2.18. The minimum Gasteiger partial charge on any atom is -0.385 e. The smallest absolute Gasteiger partial charge is 0.267 e. The lowest BCUT2D eigenvalue weighted by atomic mass is 10.2. The number of methoxy groups -OCH3 is 1. The van der Waals surface area contributed by atoms with Gasteiger partial charge in [0.1, 0.15) is 10.6 Å². The molecule has 0 radical (unpaired) electrons. The van der Waals surface area contributed by atoms with Gasteiger partial charge in [0, 0.05) is 40.1 Å². The van der Waals surface area contributed by atoms with Crippen LogP contribution >= 0.6 is 0 Å². The van der Waals surface area contributed by atoms with Crippen molar-refractivity contribution in [2.75, 3.05) is 31.1 Å². The molecule has 8 heteroatoms. The summed E-state index contributed by atoms with van der Waals surface area (Å²) >= 11 is 0. The van der Waals surface area contributed by atoms with E-state index < -0.39 is 10.0 Å². The predicted molar refractivity (Wildman–Crippen MR) is 98.9 cm³/mol. The molecule has 0 atom stereocenters. The van der Waals surface area contributed by atoms with Crippen LogP contribution in [0.5, 0.6) is 0 Å². The van der Waals surface area contributed by atoms with Gasteiger partial charge in [-0.25, -0.2) is 8.42 Å². The van der Waals surface area contributed by atoms with Crippen LogP contribution in [0.15, 0.2) is 41.4 Å². The first-order valence-corrected chi connectivity index (χ1v) is 9.93. The highest BCUT2D eigenvalue weighted by Gasteiger charge is 2.32. The Hall–Kier alpha value is -2.32. The average Bonchev–Trinajstić information content (AvgIpc) is 3.23. The van der Waals surface area contributed by atoms with E-state index in [2.05, 4.69) is 5.32 Å². The van der Waals surface area contributed by atoms with Gasteiger partial charge in [0.05, 0.1) is 5.69 Å². The molecule has 1 aliphatic rings. The van der Waals surface area contributed by atoms with E-state index in [9.17, 15) is 13.2 Å². The van der Waals surface area contributed by atoms with Gasteiger partial charge in [0.15, 0.2) is 0 Å². The second-order valence-corrected chi connectivity index (χ2v) is 8.09. The zero-order valence-corrected chi connectivity index (χ0v) is 15.8. The number of nitrogens with one attached hydrogen (secondary N) is 1. The van der Waals surface area contributed by atoms with Gasteiger partial charge >= 0.3 is 0 Å². The first-order chi connectivity index (χ1) is 12.4. The summed E-state index contributed by atoms with van der Waals surface area (Å²) in [5.74, 6) is -0.299. The van der Waals surface area contributed by atoms with Crippen LogP contribution in [-0.2, 0) is 28.2 Å². The van der Waals surface area contributed by atoms with E-state index in [4.69, 9.17) is 4.74 Å². The second kappa shape index (κ2) is 7.51. The molecular weight excluding hydrogens is 354 g/mol. The van der Waals surface area contributed by atoms with Crippen LogP contribution in [-0.4, -0.2) is 45.7 Å². The third-order valence-corrected chi connectivity index (χ3v) is 6.23. The number of sulfonamides is 1. The average molecular weight is 377 g/mol. The number of fused-ring (bicyclic) bond motifs is 1. The van der Waals surface area contributed by atoms with Gasteiger partial charge in [0.2, 0.25) is 0 Å². The lowest BCUT2D eigenvalue weighted by molar-refractivity contribution is 0.0940. The molecule has 0 spiro atoms. The van der Waals surface area contributed by atoms with Gasteiger partial charge in [0.25, 0.3) is 15.9 Å². The number of ether oxygens (including phenoxy) is 1. The molecule has 0 bridgehead atoms. The molecule has 1 aromatic heterocycles. The zero-order chi connectivity index (χ0) is 18.7. The molecule has 0 aliphatic carbocycles. The molecule has 0 unspecified atom stereocenters. The van der Waals surface area contributed by atoms with Crippen molar-refractivity contribution in [2.24, 2.45) is 7.05 Å². The molecule has 0 saturated carbocycles. The molecule has 1 amide bonds. The van der Waals surface area contributed by atoms with E-state index in [0.29, 0.717) is 43.9 Å². The minimum atomic E-state index is -3.70. The molecule has 1 aromatic carbocycles. The Morgan fingerprint density at radius 2 is 2.08 bits per heavy atom. The Morgan fingerprint density at radius 1 is 1.31 bits per heavy atom. The van der Waals surface area contributed by atoms with Crippen molar-refractivity contribution in [3.63, 3.8) is 0 Å². The zero-order valence-electron chi connectivity index (χ0n) is 14.9. The molecule has 1 N–H and O–H groups in total. The number of para-hydroxylation sites is 1. The molecule has 1 aliphatic heterocycles. The highest BCUT2D eigenvalue weighted by Crippen LogP contribution is 2.33. The quantitative estimate of drug-likeness (QED) is 0.743. The van der Waals surface area contributed by atoms with Crippen LogP contribution in [0.3, 0.4) is 0 Å². The summed E-state index contributed by atoms with van der Waals surface area (Å²) in [6, 6.07) is 8.92. The molecule has 0 fully saturated rings. The molecule has 7 nitrogen and oxygen atoms in total. The van der Waals surface area contributed by atoms with Gasteiger partial charge in [-0.1, -0.05) is 18.2 Å². The van der Waals surface area contributed by atoms with E-state index in [1.54, 1.807) is 18.7 Å². The van der Waals surface area contributed by atoms with Crippen molar-refractivity contribution in [3.8, 4) is 0 Å². The molecule has 26 heavy (non-hydrogen) atoms. The van der Waals surface area contributed by atoms with E-state index in [-0.39, 0.29) is 10.8 Å². The third-order valence-electron chi connectivity index (χ3n) is 4.46. The maximum Gasteiger partial charge on any atom is 0.267 e. The predicted octanol–water partition coefficient (Wildman–Crippen LogP) is 1.54. The van der Waals surface area contributed by atoms with E-state index in [1.165, 1.54) is 16.6 Å². The molecular formula is C18H23N3O4S. The fourth-order valence-corrected chi connectivity index (χ4v) is 4.67. The second-order valence-electron chi connectivity index (χ2n) is 6.23. The van der Waals surface area contributed by atoms with Gasteiger partial charge in [-0.15, -0.1) is 0 Å². The summed E-state index contributed by atoms with van der Waals surface area (Å²) in [6.45, 7) is 1.44. The summed E-state index contributed by atoms with van der Waals surface area (Å²) in [4.78, 5) is 12.4. The number of hydrogen-bond acceptors (Lipinski definition) is 4. The van der Waals surface area contributed by atoms with Crippen LogP contribution in [0.1, 0.15) is 22.5 Å². The third kappa shape index (κ3) is 3.47. The van der Waals surface area contributed by atoms with Gasteiger partial charge < -0.3 is 14.6 Å². The number of nitrogens with zero attached hydrogens (tertiary/aromatic N) is 2. The highest BCUT2D eigenvalue weighted by atomic mass is 32.2. The van der Waals surface area contributed by atoms with E-state index >= 15 is 0 Å². The molecule has 3 rings (SSSR count). The summed E-state index contributed by atoms with van der Waals surface area (Å²) in [5.41, 5.74) is 2.04. The van der Waals surface area contributed by atoms with Crippen LogP contribution in [0, 0.1) is 0 Å². The maximum absolute atomic E-state index is 13.0. The van der Waals surface area contributed by atoms with Crippen molar-refractivity contribution in [2.45, 2.75) is 17.7 Å². The SMILES string of the molecule is COCCCNC(=O)c1cc(S(=O)(=O)N2CCc3ccccc32)cn1C. The number of carbonyl (C=O) groups is 1. The Balaban J connectivity index is 1.81. The molecule has 140 valence electrons. The first-order valence-electron chi connectivity index (χ1n) is 8.49. The number of aryl methyl sites for hydroxylation is 1.